The molecule has 2 amide bonds. The van der Waals surface area contributed by atoms with Crippen molar-refractivity contribution < 1.29 is 38.0 Å². The molecule has 0 aliphatic rings. The minimum Gasteiger partial charge on any atom is -0.444 e. The average molecular weight is 585 g/mol. The maximum atomic E-state index is 11.5. The molecule has 0 unspecified atom stereocenters. The Bertz CT molecular complexity index is 537. The van der Waals surface area contributed by atoms with Crippen molar-refractivity contribution in [2.24, 2.45) is 0 Å². The molecule has 0 atom stereocenters. The van der Waals surface area contributed by atoms with Crippen LogP contribution in [0.15, 0.2) is 0 Å². The van der Waals surface area contributed by atoms with Crippen molar-refractivity contribution in [3.63, 3.8) is 0 Å². The number of hydrogen-bond acceptors (Lipinski definition) is 10. The van der Waals surface area contributed by atoms with Gasteiger partial charge in [-0.05, 0) is 65.9 Å². The molecule has 38 heavy (non-hydrogen) atoms. The van der Waals surface area contributed by atoms with Crippen LogP contribution < -0.4 is 10.6 Å². The summed E-state index contributed by atoms with van der Waals surface area (Å²) in [6.45, 7) is 17.0. The van der Waals surface area contributed by atoms with Gasteiger partial charge in [0.2, 0.25) is 0 Å². The standard InChI is InChI=1S/C26H52N2O8S2/c1-25(2,3)35-23(29)27-9-21-37-19-7-11-31-13-15-33-17-18-34-16-14-32-12-8-20-38-22-10-28-24(30)36-26(4,5)6/h7-22H2,1-6H3,(H,27,29)(H,28,30). The third kappa shape index (κ3) is 31.3. The Morgan fingerprint density at radius 2 is 0.842 bits per heavy atom. The van der Waals surface area contributed by atoms with Crippen molar-refractivity contribution >= 4 is 35.7 Å². The molecule has 12 heteroatoms. The highest BCUT2D eigenvalue weighted by atomic mass is 32.2. The largest absolute Gasteiger partial charge is 0.444 e. The van der Waals surface area contributed by atoms with Crippen LogP contribution in [0.1, 0.15) is 54.4 Å². The van der Waals surface area contributed by atoms with Crippen molar-refractivity contribution in [1.29, 1.82) is 0 Å². The fourth-order valence-corrected chi connectivity index (χ4v) is 4.12. The summed E-state index contributed by atoms with van der Waals surface area (Å²) in [5.41, 5.74) is -0.930. The van der Waals surface area contributed by atoms with Crippen LogP contribution in [0, 0.1) is 0 Å². The smallest absolute Gasteiger partial charge is 0.407 e. The van der Waals surface area contributed by atoms with Gasteiger partial charge in [-0.15, -0.1) is 0 Å². The predicted octanol–water partition coefficient (Wildman–Crippen LogP) is 4.35. The highest BCUT2D eigenvalue weighted by molar-refractivity contribution is 7.99. The summed E-state index contributed by atoms with van der Waals surface area (Å²) in [5, 5.41) is 5.50. The molecule has 0 rings (SSSR count). The van der Waals surface area contributed by atoms with Gasteiger partial charge in [-0.1, -0.05) is 0 Å². The molecule has 0 aromatic heterocycles. The first kappa shape index (κ1) is 37.1. The van der Waals surface area contributed by atoms with Gasteiger partial charge in [0, 0.05) is 37.8 Å². The van der Waals surface area contributed by atoms with Gasteiger partial charge in [-0.2, -0.15) is 23.5 Å². The van der Waals surface area contributed by atoms with E-state index in [1.54, 1.807) is 23.5 Å². The average Bonchev–Trinajstić information content (AvgIpc) is 2.79. The third-order valence-corrected chi connectivity index (χ3v) is 6.24. The summed E-state index contributed by atoms with van der Waals surface area (Å²) in [5.74, 6) is 3.67. The molecule has 2 N–H and O–H groups in total. The lowest BCUT2D eigenvalue weighted by Crippen LogP contribution is -2.33. The van der Waals surface area contributed by atoms with Crippen molar-refractivity contribution in [1.82, 2.24) is 10.6 Å². The zero-order valence-electron chi connectivity index (χ0n) is 24.4. The maximum Gasteiger partial charge on any atom is 0.407 e. The van der Waals surface area contributed by atoms with Gasteiger partial charge >= 0.3 is 12.2 Å². The van der Waals surface area contributed by atoms with Crippen molar-refractivity contribution in [2.45, 2.75) is 65.6 Å². The number of nitrogens with one attached hydrogen (secondary N) is 2. The Kier molecular flexibility index (Phi) is 23.3. The minimum absolute atomic E-state index is 0.370. The molecular formula is C26H52N2O8S2. The lowest BCUT2D eigenvalue weighted by molar-refractivity contribution is -0.00150. The van der Waals surface area contributed by atoms with E-state index < -0.39 is 11.2 Å². The Balaban J connectivity index is 3.18. The van der Waals surface area contributed by atoms with Gasteiger partial charge in [0.15, 0.2) is 0 Å². The van der Waals surface area contributed by atoms with Crippen LogP contribution in [0.25, 0.3) is 0 Å². The van der Waals surface area contributed by atoms with Crippen LogP contribution in [-0.2, 0) is 28.4 Å². The molecule has 0 fully saturated rings. The Labute approximate surface area is 238 Å². The van der Waals surface area contributed by atoms with E-state index in [1.165, 1.54) is 0 Å². The molecule has 0 aliphatic heterocycles. The predicted molar refractivity (Wildman–Crippen MR) is 156 cm³/mol. The van der Waals surface area contributed by atoms with Gasteiger partial charge in [0.25, 0.3) is 0 Å². The fraction of sp³-hybridized carbons (Fsp3) is 0.923. The number of ether oxygens (including phenoxy) is 6. The quantitative estimate of drug-likeness (QED) is 0.168. The number of amides is 2. The first-order valence-corrected chi connectivity index (χ1v) is 15.7. The van der Waals surface area contributed by atoms with Gasteiger partial charge < -0.3 is 39.1 Å². The van der Waals surface area contributed by atoms with Crippen LogP contribution in [0.5, 0.6) is 0 Å². The van der Waals surface area contributed by atoms with Crippen LogP contribution in [0.4, 0.5) is 9.59 Å². The first-order valence-electron chi connectivity index (χ1n) is 13.4. The second kappa shape index (κ2) is 23.9. The molecular weight excluding hydrogens is 532 g/mol. The van der Waals surface area contributed by atoms with Gasteiger partial charge in [0.1, 0.15) is 11.2 Å². The normalized spacial score (nSPS) is 11.8. The van der Waals surface area contributed by atoms with E-state index in [2.05, 4.69) is 10.6 Å². The van der Waals surface area contributed by atoms with Crippen molar-refractivity contribution in [3.8, 4) is 0 Å². The van der Waals surface area contributed by atoms with Gasteiger partial charge in [-0.25, -0.2) is 9.59 Å². The fourth-order valence-electron chi connectivity index (χ4n) is 2.57. The maximum absolute atomic E-state index is 11.5. The number of hydrogen-bond donors (Lipinski definition) is 2. The highest BCUT2D eigenvalue weighted by Gasteiger charge is 2.16. The highest BCUT2D eigenvalue weighted by Crippen LogP contribution is 2.08. The second-order valence-corrected chi connectivity index (χ2v) is 12.7. The molecule has 0 radical (unpaired) electrons. The van der Waals surface area contributed by atoms with Gasteiger partial charge in [-0.3, -0.25) is 0 Å². The zero-order chi connectivity index (χ0) is 28.5. The lowest BCUT2D eigenvalue weighted by atomic mass is 10.2. The molecule has 226 valence electrons. The van der Waals surface area contributed by atoms with Crippen molar-refractivity contribution in [3.05, 3.63) is 0 Å². The van der Waals surface area contributed by atoms with E-state index in [9.17, 15) is 9.59 Å². The van der Waals surface area contributed by atoms with Crippen LogP contribution in [0.3, 0.4) is 0 Å². The number of alkyl carbamates (subject to hydrolysis) is 2. The van der Waals surface area contributed by atoms with Crippen LogP contribution in [-0.4, -0.2) is 112 Å². The molecule has 0 saturated heterocycles. The van der Waals surface area contributed by atoms with Crippen LogP contribution >= 0.6 is 23.5 Å². The molecule has 0 heterocycles. The van der Waals surface area contributed by atoms with E-state index in [0.29, 0.717) is 65.9 Å². The topological polar surface area (TPSA) is 114 Å². The number of thioether (sulfide) groups is 2. The Hall–Kier alpha value is -0.920. The molecule has 0 spiro atoms. The molecule has 10 nitrogen and oxygen atoms in total. The summed E-state index contributed by atoms with van der Waals surface area (Å²) >= 11 is 3.56. The third-order valence-electron chi connectivity index (χ3n) is 4.10. The SMILES string of the molecule is CC(C)(C)OC(=O)NCCSCCCOCCOCCOCCOCCCSCCNC(=O)OC(C)(C)C. The zero-order valence-corrected chi connectivity index (χ0v) is 26.0. The molecule has 0 aromatic carbocycles. The monoisotopic (exact) mass is 584 g/mol. The summed E-state index contributed by atoms with van der Waals surface area (Å²) < 4.78 is 32.5. The van der Waals surface area contributed by atoms with E-state index in [0.717, 1.165) is 35.9 Å². The van der Waals surface area contributed by atoms with E-state index in [4.69, 9.17) is 28.4 Å². The summed E-state index contributed by atoms with van der Waals surface area (Å²) in [6, 6.07) is 0. The second-order valence-electron chi connectivity index (χ2n) is 10.2. The van der Waals surface area contributed by atoms with Crippen molar-refractivity contribution in [2.75, 3.05) is 89.0 Å². The Morgan fingerprint density at radius 3 is 1.16 bits per heavy atom. The molecule has 0 saturated carbocycles. The molecule has 0 bridgehead atoms. The van der Waals surface area contributed by atoms with E-state index in [-0.39, 0.29) is 12.2 Å². The minimum atomic E-state index is -0.465. The van der Waals surface area contributed by atoms with E-state index in [1.807, 2.05) is 41.5 Å². The summed E-state index contributed by atoms with van der Waals surface area (Å²) in [4.78, 5) is 23.0. The van der Waals surface area contributed by atoms with Crippen LogP contribution in [0.2, 0.25) is 0 Å². The molecule has 0 aromatic rings. The van der Waals surface area contributed by atoms with Gasteiger partial charge in [0.05, 0.1) is 39.6 Å². The summed E-state index contributed by atoms with van der Waals surface area (Å²) in [6.07, 6.45) is 1.19. The number of carbonyl (C=O) groups is 2. The number of rotatable bonds is 23. The Morgan fingerprint density at radius 1 is 0.526 bits per heavy atom. The first-order chi connectivity index (χ1) is 18.0. The molecule has 0 aliphatic carbocycles. The number of carbonyl (C=O) groups excluding carboxylic acids is 2. The summed E-state index contributed by atoms with van der Waals surface area (Å²) in [7, 11) is 0. The lowest BCUT2D eigenvalue weighted by Gasteiger charge is -2.19. The van der Waals surface area contributed by atoms with E-state index >= 15 is 0 Å².